The molecule has 2 saturated heterocycles. The van der Waals surface area contributed by atoms with Gasteiger partial charge in [0, 0.05) is 59.4 Å². The zero-order valence-electron chi connectivity index (χ0n) is 18.5. The molecule has 2 aliphatic heterocycles. The lowest BCUT2D eigenvalue weighted by atomic mass is 10.1. The van der Waals surface area contributed by atoms with Gasteiger partial charge in [0.25, 0.3) is 0 Å². The van der Waals surface area contributed by atoms with Crippen molar-refractivity contribution in [2.75, 3.05) is 57.8 Å². The maximum atomic E-state index is 5.66. The molecule has 1 aromatic heterocycles. The summed E-state index contributed by atoms with van der Waals surface area (Å²) in [6.07, 6.45) is 0.326. The van der Waals surface area contributed by atoms with E-state index in [1.807, 2.05) is 18.4 Å². The van der Waals surface area contributed by atoms with E-state index in [-0.39, 0.29) is 24.0 Å². The molecule has 2 aliphatic rings. The van der Waals surface area contributed by atoms with E-state index >= 15 is 0 Å². The first kappa shape index (κ1) is 24.3. The molecule has 1 atom stereocenters. The molecule has 4 rings (SSSR count). The Morgan fingerprint density at radius 2 is 1.94 bits per heavy atom. The Morgan fingerprint density at radius 3 is 2.65 bits per heavy atom. The van der Waals surface area contributed by atoms with Gasteiger partial charge in [-0.2, -0.15) is 0 Å². The van der Waals surface area contributed by atoms with Gasteiger partial charge in [0.2, 0.25) is 0 Å². The molecule has 0 spiro atoms. The Bertz CT molecular complexity index is 823. The molecule has 1 aromatic carbocycles. The zero-order valence-corrected chi connectivity index (χ0v) is 21.6. The summed E-state index contributed by atoms with van der Waals surface area (Å²) in [5.74, 6) is 0.994. The van der Waals surface area contributed by atoms with Crippen LogP contribution in [0.15, 0.2) is 46.8 Å². The molecular formula is C23H34IN5OS. The molecule has 0 amide bonds. The number of piperazine rings is 1. The topological polar surface area (TPSA) is 43.3 Å². The number of hydrogen-bond donors (Lipinski definition) is 1. The number of halogens is 1. The number of rotatable bonds is 5. The summed E-state index contributed by atoms with van der Waals surface area (Å²) in [7, 11) is 1.88. The number of thiophene rings is 1. The van der Waals surface area contributed by atoms with Crippen LogP contribution in [0.1, 0.15) is 18.1 Å². The predicted octanol–water partition coefficient (Wildman–Crippen LogP) is 3.48. The van der Waals surface area contributed by atoms with Crippen LogP contribution in [0.25, 0.3) is 0 Å². The Labute approximate surface area is 207 Å². The highest BCUT2D eigenvalue weighted by atomic mass is 127. The average molecular weight is 556 g/mol. The number of guanidine groups is 1. The first-order valence-electron chi connectivity index (χ1n) is 10.9. The Kier molecular flexibility index (Phi) is 9.43. The summed E-state index contributed by atoms with van der Waals surface area (Å²) in [5, 5.41) is 7.08. The Balaban J connectivity index is 0.00000272. The molecular weight excluding hydrogens is 521 g/mol. The van der Waals surface area contributed by atoms with Crippen molar-refractivity contribution >= 4 is 46.3 Å². The smallest absolute Gasteiger partial charge is 0.194 e. The van der Waals surface area contributed by atoms with Crippen LogP contribution < -0.4 is 10.2 Å². The summed E-state index contributed by atoms with van der Waals surface area (Å²) >= 11 is 1.82. The third kappa shape index (κ3) is 6.81. The van der Waals surface area contributed by atoms with E-state index in [9.17, 15) is 0 Å². The fraction of sp³-hybridized carbons (Fsp3) is 0.522. The van der Waals surface area contributed by atoms with Gasteiger partial charge in [-0.15, -0.1) is 35.3 Å². The number of hydrogen-bond acceptors (Lipinski definition) is 5. The van der Waals surface area contributed by atoms with Crippen molar-refractivity contribution in [3.8, 4) is 0 Å². The maximum Gasteiger partial charge on any atom is 0.194 e. The third-order valence-electron chi connectivity index (χ3n) is 5.78. The Morgan fingerprint density at radius 1 is 1.13 bits per heavy atom. The number of morpholine rings is 1. The second-order valence-corrected chi connectivity index (χ2v) is 8.99. The number of ether oxygens (including phenoxy) is 1. The number of nitrogens with zero attached hydrogens (tertiary/aromatic N) is 4. The summed E-state index contributed by atoms with van der Waals surface area (Å²) in [6.45, 7) is 10.8. The van der Waals surface area contributed by atoms with Gasteiger partial charge in [-0.05, 0) is 35.6 Å². The van der Waals surface area contributed by atoms with E-state index < -0.39 is 0 Å². The molecule has 170 valence electrons. The van der Waals surface area contributed by atoms with E-state index in [2.05, 4.69) is 73.7 Å². The highest BCUT2D eigenvalue weighted by Crippen LogP contribution is 2.22. The summed E-state index contributed by atoms with van der Waals surface area (Å²) in [5.41, 5.74) is 2.66. The second kappa shape index (κ2) is 12.0. The van der Waals surface area contributed by atoms with Crippen molar-refractivity contribution in [2.45, 2.75) is 26.1 Å². The van der Waals surface area contributed by atoms with Gasteiger partial charge in [-0.1, -0.05) is 24.3 Å². The van der Waals surface area contributed by atoms with E-state index in [0.29, 0.717) is 6.10 Å². The quantitative estimate of drug-likeness (QED) is 0.348. The lowest BCUT2D eigenvalue weighted by molar-refractivity contribution is -0.0212. The van der Waals surface area contributed by atoms with Crippen LogP contribution >= 0.6 is 35.3 Å². The highest BCUT2D eigenvalue weighted by molar-refractivity contribution is 14.0. The third-order valence-corrected chi connectivity index (χ3v) is 6.71. The first-order chi connectivity index (χ1) is 14.7. The lowest BCUT2D eigenvalue weighted by Crippen LogP contribution is -2.52. The SMILES string of the molecule is CN=C(NCc1cccc(CN2CCOC(C)C2)c1)N1CCN(c2cccs2)CC1.I. The fourth-order valence-electron chi connectivity index (χ4n) is 4.23. The molecule has 1 N–H and O–H groups in total. The van der Waals surface area contributed by atoms with Crippen molar-refractivity contribution in [2.24, 2.45) is 4.99 Å². The molecule has 0 radical (unpaired) electrons. The second-order valence-electron chi connectivity index (χ2n) is 8.06. The van der Waals surface area contributed by atoms with Gasteiger partial charge in [0.15, 0.2) is 5.96 Å². The molecule has 1 unspecified atom stereocenters. The van der Waals surface area contributed by atoms with E-state index in [1.165, 1.54) is 16.1 Å². The minimum atomic E-state index is 0. The van der Waals surface area contributed by atoms with Crippen LogP contribution in [-0.4, -0.2) is 74.8 Å². The minimum Gasteiger partial charge on any atom is -0.376 e. The number of nitrogens with one attached hydrogen (secondary N) is 1. The molecule has 2 fully saturated rings. The molecule has 0 saturated carbocycles. The molecule has 0 aliphatic carbocycles. The summed E-state index contributed by atoms with van der Waals surface area (Å²) in [6, 6.07) is 13.2. The summed E-state index contributed by atoms with van der Waals surface area (Å²) < 4.78 is 5.66. The van der Waals surface area contributed by atoms with Crippen LogP contribution in [0.5, 0.6) is 0 Å². The van der Waals surface area contributed by atoms with Crippen LogP contribution in [0.3, 0.4) is 0 Å². The van der Waals surface area contributed by atoms with Gasteiger partial charge in [0.1, 0.15) is 0 Å². The predicted molar refractivity (Wildman–Crippen MR) is 141 cm³/mol. The molecule has 31 heavy (non-hydrogen) atoms. The average Bonchev–Trinajstić information content (AvgIpc) is 3.30. The van der Waals surface area contributed by atoms with Gasteiger partial charge in [-0.25, -0.2) is 0 Å². The highest BCUT2D eigenvalue weighted by Gasteiger charge is 2.20. The lowest BCUT2D eigenvalue weighted by Gasteiger charge is -2.37. The van der Waals surface area contributed by atoms with Gasteiger partial charge in [0.05, 0.1) is 17.7 Å². The normalized spacial score (nSPS) is 20.5. The number of anilines is 1. The van der Waals surface area contributed by atoms with Crippen LogP contribution in [0.4, 0.5) is 5.00 Å². The van der Waals surface area contributed by atoms with Crippen LogP contribution in [-0.2, 0) is 17.8 Å². The first-order valence-corrected chi connectivity index (χ1v) is 11.7. The standard InChI is InChI=1S/C23H33N5OS.HI/c1-19-17-26(12-13-29-19)18-21-6-3-5-20(15-21)16-25-23(24-2)28-10-8-27(9-11-28)22-7-4-14-30-22;/h3-7,14-15,19H,8-13,16-18H2,1-2H3,(H,24,25);1H. The van der Waals surface area contributed by atoms with Crippen LogP contribution in [0.2, 0.25) is 0 Å². The Hall–Kier alpha value is -1.36. The van der Waals surface area contributed by atoms with Crippen molar-refractivity contribution in [1.29, 1.82) is 0 Å². The largest absolute Gasteiger partial charge is 0.376 e. The van der Waals surface area contributed by atoms with Gasteiger partial charge >= 0.3 is 0 Å². The van der Waals surface area contributed by atoms with E-state index in [0.717, 1.165) is 64.9 Å². The van der Waals surface area contributed by atoms with Crippen molar-refractivity contribution in [1.82, 2.24) is 15.1 Å². The van der Waals surface area contributed by atoms with Gasteiger partial charge < -0.3 is 19.9 Å². The van der Waals surface area contributed by atoms with Gasteiger partial charge in [-0.3, -0.25) is 9.89 Å². The minimum absolute atomic E-state index is 0. The number of benzene rings is 1. The zero-order chi connectivity index (χ0) is 20.8. The molecule has 2 aromatic rings. The molecule has 3 heterocycles. The summed E-state index contributed by atoms with van der Waals surface area (Å²) in [4.78, 5) is 11.8. The fourth-order valence-corrected chi connectivity index (χ4v) is 5.02. The van der Waals surface area contributed by atoms with Crippen molar-refractivity contribution < 1.29 is 4.74 Å². The van der Waals surface area contributed by atoms with Crippen molar-refractivity contribution in [3.05, 3.63) is 52.9 Å². The number of aliphatic imine (C=N–C) groups is 1. The van der Waals surface area contributed by atoms with E-state index in [4.69, 9.17) is 4.74 Å². The monoisotopic (exact) mass is 555 g/mol. The van der Waals surface area contributed by atoms with Crippen LogP contribution in [0, 0.1) is 0 Å². The molecule has 6 nitrogen and oxygen atoms in total. The van der Waals surface area contributed by atoms with E-state index in [1.54, 1.807) is 0 Å². The molecule has 8 heteroatoms. The maximum absolute atomic E-state index is 5.66. The molecule has 0 bridgehead atoms. The van der Waals surface area contributed by atoms with Crippen molar-refractivity contribution in [3.63, 3.8) is 0 Å².